The number of amides is 1. The first-order chi connectivity index (χ1) is 8.53. The third kappa shape index (κ3) is 2.37. The van der Waals surface area contributed by atoms with Crippen molar-refractivity contribution in [2.45, 2.75) is 37.6 Å². The van der Waals surface area contributed by atoms with Crippen molar-refractivity contribution in [1.29, 1.82) is 0 Å². The van der Waals surface area contributed by atoms with Gasteiger partial charge in [0, 0.05) is 13.2 Å². The molecule has 1 fully saturated rings. The molecule has 0 bridgehead atoms. The summed E-state index contributed by atoms with van der Waals surface area (Å²) in [6.45, 7) is 0. The highest BCUT2D eigenvalue weighted by atomic mass is 16.4. The molecular formula is C12H17N3O3. The Morgan fingerprint density at radius 3 is 2.56 bits per heavy atom. The lowest BCUT2D eigenvalue weighted by Crippen LogP contribution is -2.55. The van der Waals surface area contributed by atoms with Crippen LogP contribution < -0.4 is 5.32 Å². The van der Waals surface area contributed by atoms with Gasteiger partial charge in [0.2, 0.25) is 0 Å². The molecule has 0 spiro atoms. The highest BCUT2D eigenvalue weighted by molar-refractivity contribution is 5.97. The van der Waals surface area contributed by atoms with E-state index >= 15 is 0 Å². The van der Waals surface area contributed by atoms with Crippen molar-refractivity contribution in [3.05, 3.63) is 18.0 Å². The molecule has 0 unspecified atom stereocenters. The predicted molar refractivity (Wildman–Crippen MR) is 64.1 cm³/mol. The number of hydrogen-bond acceptors (Lipinski definition) is 3. The Kier molecular flexibility index (Phi) is 3.36. The zero-order valence-corrected chi connectivity index (χ0v) is 10.3. The maximum atomic E-state index is 12.0. The predicted octanol–water partition coefficient (Wildman–Crippen LogP) is 0.937. The molecule has 6 heteroatoms. The molecule has 2 N–H and O–H groups in total. The van der Waals surface area contributed by atoms with E-state index in [9.17, 15) is 14.7 Å². The van der Waals surface area contributed by atoms with Gasteiger partial charge in [-0.15, -0.1) is 0 Å². The highest BCUT2D eigenvalue weighted by Gasteiger charge is 2.41. The van der Waals surface area contributed by atoms with E-state index in [1.54, 1.807) is 13.2 Å². The van der Waals surface area contributed by atoms with Crippen LogP contribution in [0, 0.1) is 0 Å². The summed E-state index contributed by atoms with van der Waals surface area (Å²) in [7, 11) is 1.71. The summed E-state index contributed by atoms with van der Waals surface area (Å²) in [6.07, 6.45) is 6.70. The van der Waals surface area contributed by atoms with Crippen LogP contribution in [0.3, 0.4) is 0 Å². The summed E-state index contributed by atoms with van der Waals surface area (Å²) in [4.78, 5) is 23.4. The lowest BCUT2D eigenvalue weighted by atomic mass is 9.81. The minimum atomic E-state index is -1.11. The Labute approximate surface area is 105 Å². The van der Waals surface area contributed by atoms with Gasteiger partial charge in [0.25, 0.3) is 5.91 Å². The Morgan fingerprint density at radius 1 is 1.39 bits per heavy atom. The lowest BCUT2D eigenvalue weighted by molar-refractivity contribution is -0.145. The largest absolute Gasteiger partial charge is 0.480 e. The number of carbonyl (C=O) groups is 2. The fourth-order valence-corrected chi connectivity index (χ4v) is 2.38. The molecule has 1 aliphatic carbocycles. The molecule has 98 valence electrons. The molecule has 1 aromatic heterocycles. The topological polar surface area (TPSA) is 84.2 Å². The summed E-state index contributed by atoms with van der Waals surface area (Å²) >= 11 is 0. The van der Waals surface area contributed by atoms with Crippen LogP contribution in [0.15, 0.2) is 12.4 Å². The van der Waals surface area contributed by atoms with Crippen molar-refractivity contribution >= 4 is 11.9 Å². The average Bonchev–Trinajstić information content (AvgIpc) is 2.77. The molecule has 0 aromatic carbocycles. The second-order valence-electron chi connectivity index (χ2n) is 4.80. The van der Waals surface area contributed by atoms with E-state index in [1.807, 2.05) is 0 Å². The first-order valence-corrected chi connectivity index (χ1v) is 6.08. The van der Waals surface area contributed by atoms with Gasteiger partial charge in [0.1, 0.15) is 5.54 Å². The second kappa shape index (κ2) is 4.80. The minimum absolute atomic E-state index is 0.368. The van der Waals surface area contributed by atoms with Gasteiger partial charge in [-0.05, 0) is 12.8 Å². The molecule has 2 rings (SSSR count). The Bertz CT molecular complexity index is 461. The zero-order valence-electron chi connectivity index (χ0n) is 10.3. The third-order valence-electron chi connectivity index (χ3n) is 3.44. The number of aliphatic carboxylic acids is 1. The van der Waals surface area contributed by atoms with Crippen molar-refractivity contribution in [2.75, 3.05) is 0 Å². The van der Waals surface area contributed by atoms with Crippen molar-refractivity contribution in [1.82, 2.24) is 15.1 Å². The Hall–Kier alpha value is -1.85. The third-order valence-corrected chi connectivity index (χ3v) is 3.44. The van der Waals surface area contributed by atoms with Gasteiger partial charge in [-0.1, -0.05) is 19.3 Å². The van der Waals surface area contributed by atoms with Crippen LogP contribution in [-0.2, 0) is 11.8 Å². The maximum Gasteiger partial charge on any atom is 0.329 e. The maximum absolute atomic E-state index is 12.0. The van der Waals surface area contributed by atoms with Gasteiger partial charge >= 0.3 is 5.97 Å². The zero-order chi connectivity index (χ0) is 13.2. The quantitative estimate of drug-likeness (QED) is 0.837. The van der Waals surface area contributed by atoms with Crippen molar-refractivity contribution in [3.8, 4) is 0 Å². The van der Waals surface area contributed by atoms with Gasteiger partial charge in [-0.3, -0.25) is 9.48 Å². The van der Waals surface area contributed by atoms with E-state index in [1.165, 1.54) is 10.9 Å². The summed E-state index contributed by atoms with van der Waals surface area (Å²) in [5, 5.41) is 15.9. The number of nitrogens with zero attached hydrogens (tertiary/aromatic N) is 2. The van der Waals surface area contributed by atoms with Crippen molar-refractivity contribution in [2.24, 2.45) is 7.05 Å². The molecule has 1 aromatic rings. The number of rotatable bonds is 3. The fourth-order valence-electron chi connectivity index (χ4n) is 2.38. The number of hydrogen-bond donors (Lipinski definition) is 2. The van der Waals surface area contributed by atoms with E-state index in [0.29, 0.717) is 18.4 Å². The van der Waals surface area contributed by atoms with E-state index in [0.717, 1.165) is 19.3 Å². The number of carboxylic acids is 1. The molecule has 0 atom stereocenters. The molecule has 0 saturated heterocycles. The Morgan fingerprint density at radius 2 is 2.06 bits per heavy atom. The second-order valence-corrected chi connectivity index (χ2v) is 4.80. The van der Waals surface area contributed by atoms with Gasteiger partial charge in [-0.25, -0.2) is 4.79 Å². The molecule has 0 radical (unpaired) electrons. The van der Waals surface area contributed by atoms with Crippen LogP contribution in [0.25, 0.3) is 0 Å². The summed E-state index contributed by atoms with van der Waals surface area (Å²) < 4.78 is 1.52. The van der Waals surface area contributed by atoms with E-state index in [-0.39, 0.29) is 5.91 Å². The number of carboxylic acid groups (broad SMARTS) is 1. The van der Waals surface area contributed by atoms with Gasteiger partial charge in [-0.2, -0.15) is 5.10 Å². The average molecular weight is 251 g/mol. The Balaban J connectivity index is 2.14. The van der Waals surface area contributed by atoms with Crippen LogP contribution in [0.5, 0.6) is 0 Å². The monoisotopic (exact) mass is 251 g/mol. The molecule has 1 heterocycles. The van der Waals surface area contributed by atoms with Crippen LogP contribution in [0.4, 0.5) is 0 Å². The number of carbonyl (C=O) groups excluding carboxylic acids is 1. The number of nitrogens with one attached hydrogen (secondary N) is 1. The molecule has 1 amide bonds. The van der Waals surface area contributed by atoms with Crippen LogP contribution >= 0.6 is 0 Å². The fraction of sp³-hybridized carbons (Fsp3) is 0.583. The SMILES string of the molecule is Cn1cc(C(=O)NC2(C(=O)O)CCCCC2)cn1. The van der Waals surface area contributed by atoms with Crippen molar-refractivity contribution in [3.63, 3.8) is 0 Å². The van der Waals surface area contributed by atoms with Crippen LogP contribution in [-0.4, -0.2) is 32.3 Å². The summed E-state index contributed by atoms with van der Waals surface area (Å²) in [5.74, 6) is -1.31. The molecule has 0 aliphatic heterocycles. The van der Waals surface area contributed by atoms with Gasteiger partial charge < -0.3 is 10.4 Å². The number of aromatic nitrogens is 2. The van der Waals surface area contributed by atoms with Gasteiger partial charge in [0.15, 0.2) is 0 Å². The molecular weight excluding hydrogens is 234 g/mol. The molecule has 18 heavy (non-hydrogen) atoms. The van der Waals surface area contributed by atoms with E-state index in [4.69, 9.17) is 0 Å². The first-order valence-electron chi connectivity index (χ1n) is 6.08. The lowest BCUT2D eigenvalue weighted by Gasteiger charge is -2.33. The van der Waals surface area contributed by atoms with Gasteiger partial charge in [0.05, 0.1) is 11.8 Å². The van der Waals surface area contributed by atoms with E-state index < -0.39 is 11.5 Å². The standard InChI is InChI=1S/C12H17N3O3/c1-15-8-9(7-13-15)10(16)14-12(11(17)18)5-3-2-4-6-12/h7-8H,2-6H2,1H3,(H,14,16)(H,17,18). The molecule has 1 aliphatic rings. The molecule has 1 saturated carbocycles. The first kappa shape index (κ1) is 12.6. The summed E-state index contributed by atoms with van der Waals surface area (Å²) in [6, 6.07) is 0. The van der Waals surface area contributed by atoms with Crippen molar-refractivity contribution < 1.29 is 14.7 Å². The minimum Gasteiger partial charge on any atom is -0.480 e. The molecule has 6 nitrogen and oxygen atoms in total. The van der Waals surface area contributed by atoms with E-state index in [2.05, 4.69) is 10.4 Å². The smallest absolute Gasteiger partial charge is 0.329 e. The van der Waals surface area contributed by atoms with Crippen LogP contribution in [0.1, 0.15) is 42.5 Å². The number of aryl methyl sites for hydroxylation is 1. The normalized spacial score (nSPS) is 18.3. The summed E-state index contributed by atoms with van der Waals surface area (Å²) in [5.41, 5.74) is -0.714. The highest BCUT2D eigenvalue weighted by Crippen LogP contribution is 2.28. The van der Waals surface area contributed by atoms with Crippen LogP contribution in [0.2, 0.25) is 0 Å².